The molecule has 1 aliphatic carbocycles. The van der Waals surface area contributed by atoms with Gasteiger partial charge in [0.2, 0.25) is 5.91 Å². The molecule has 4 nitrogen and oxygen atoms in total. The number of hydrogen-bond acceptors (Lipinski definition) is 3. The molecular weight excluding hydrogens is 262 g/mol. The average Bonchev–Trinajstić information content (AvgIpc) is 2.43. The quantitative estimate of drug-likeness (QED) is 0.792. The molecule has 21 heavy (non-hydrogen) atoms. The van der Waals surface area contributed by atoms with Gasteiger partial charge in [0.1, 0.15) is 0 Å². The summed E-state index contributed by atoms with van der Waals surface area (Å²) in [6.45, 7) is 12.5. The van der Waals surface area contributed by atoms with Crippen LogP contribution in [0.1, 0.15) is 66.7 Å². The van der Waals surface area contributed by atoms with E-state index in [4.69, 9.17) is 5.73 Å². The van der Waals surface area contributed by atoms with Crippen LogP contribution in [0.3, 0.4) is 0 Å². The van der Waals surface area contributed by atoms with Gasteiger partial charge in [-0.1, -0.05) is 20.3 Å². The molecule has 1 aliphatic rings. The molecule has 0 bridgehead atoms. The number of likely N-dealkylation sites (N-methyl/N-ethyl adjacent to an activating group) is 1. The van der Waals surface area contributed by atoms with Crippen LogP contribution in [0.25, 0.3) is 0 Å². The van der Waals surface area contributed by atoms with Crippen LogP contribution in [0.5, 0.6) is 0 Å². The van der Waals surface area contributed by atoms with Crippen molar-refractivity contribution in [1.29, 1.82) is 0 Å². The molecule has 0 heterocycles. The van der Waals surface area contributed by atoms with E-state index >= 15 is 0 Å². The van der Waals surface area contributed by atoms with Crippen molar-refractivity contribution in [2.24, 2.45) is 11.7 Å². The van der Waals surface area contributed by atoms with E-state index < -0.39 is 0 Å². The first kappa shape index (κ1) is 18.4. The number of carbonyl (C=O) groups is 1. The van der Waals surface area contributed by atoms with Gasteiger partial charge in [0.25, 0.3) is 0 Å². The smallest absolute Gasteiger partial charge is 0.234 e. The molecule has 1 fully saturated rings. The zero-order valence-electron chi connectivity index (χ0n) is 14.7. The van der Waals surface area contributed by atoms with Gasteiger partial charge in [-0.2, -0.15) is 0 Å². The molecule has 0 radical (unpaired) electrons. The second-order valence-electron chi connectivity index (χ2n) is 7.59. The first-order chi connectivity index (χ1) is 9.76. The van der Waals surface area contributed by atoms with Crippen molar-refractivity contribution in [2.45, 2.75) is 77.8 Å². The highest BCUT2D eigenvalue weighted by Gasteiger charge is 2.39. The van der Waals surface area contributed by atoms with E-state index in [2.05, 4.69) is 24.1 Å². The summed E-state index contributed by atoms with van der Waals surface area (Å²) in [5, 5.41) is 3.06. The highest BCUT2D eigenvalue weighted by molar-refractivity contribution is 5.78. The molecule has 1 rings (SSSR count). The molecule has 0 aliphatic heterocycles. The van der Waals surface area contributed by atoms with Crippen LogP contribution in [0.4, 0.5) is 0 Å². The minimum Gasteiger partial charge on any atom is -0.350 e. The summed E-state index contributed by atoms with van der Waals surface area (Å²) in [7, 11) is 0. The number of hydrogen-bond donors (Lipinski definition) is 2. The summed E-state index contributed by atoms with van der Waals surface area (Å²) < 4.78 is 0. The van der Waals surface area contributed by atoms with Gasteiger partial charge in [0, 0.05) is 17.6 Å². The third kappa shape index (κ3) is 5.26. The predicted octanol–water partition coefficient (Wildman–Crippen LogP) is 2.52. The molecule has 0 unspecified atom stereocenters. The van der Waals surface area contributed by atoms with Crippen molar-refractivity contribution in [1.82, 2.24) is 10.2 Å². The lowest BCUT2D eigenvalue weighted by atomic mass is 9.74. The van der Waals surface area contributed by atoms with Gasteiger partial charge in [-0.3, -0.25) is 9.69 Å². The van der Waals surface area contributed by atoms with Gasteiger partial charge in [-0.15, -0.1) is 0 Å². The summed E-state index contributed by atoms with van der Waals surface area (Å²) in [4.78, 5) is 14.6. The minimum atomic E-state index is -0.174. The molecule has 3 N–H and O–H groups in total. The zero-order valence-corrected chi connectivity index (χ0v) is 14.7. The Labute approximate surface area is 130 Å². The van der Waals surface area contributed by atoms with E-state index in [0.717, 1.165) is 25.3 Å². The fourth-order valence-electron chi connectivity index (χ4n) is 3.52. The molecule has 0 aromatic heterocycles. The monoisotopic (exact) mass is 297 g/mol. The summed E-state index contributed by atoms with van der Waals surface area (Å²) >= 11 is 0. The Balaban J connectivity index is 2.70. The largest absolute Gasteiger partial charge is 0.350 e. The van der Waals surface area contributed by atoms with Crippen LogP contribution in [0.15, 0.2) is 0 Å². The van der Waals surface area contributed by atoms with Gasteiger partial charge in [-0.25, -0.2) is 0 Å². The Morgan fingerprint density at radius 1 is 1.29 bits per heavy atom. The molecule has 0 saturated heterocycles. The summed E-state index contributed by atoms with van der Waals surface area (Å²) in [5.41, 5.74) is 5.98. The first-order valence-electron chi connectivity index (χ1n) is 8.52. The lowest BCUT2D eigenvalue weighted by molar-refractivity contribution is -0.125. The summed E-state index contributed by atoms with van der Waals surface area (Å²) in [5.74, 6) is 0.946. The molecule has 4 heteroatoms. The predicted molar refractivity (Wildman–Crippen MR) is 89.2 cm³/mol. The van der Waals surface area contributed by atoms with Crippen LogP contribution in [0, 0.1) is 5.92 Å². The molecule has 1 saturated carbocycles. The number of nitrogens with one attached hydrogen (secondary N) is 1. The van der Waals surface area contributed by atoms with Gasteiger partial charge in [0.15, 0.2) is 0 Å². The van der Waals surface area contributed by atoms with Crippen LogP contribution in [-0.4, -0.2) is 41.5 Å². The van der Waals surface area contributed by atoms with E-state index in [9.17, 15) is 4.79 Å². The highest BCUT2D eigenvalue weighted by atomic mass is 16.2. The molecule has 0 aromatic carbocycles. The molecule has 0 atom stereocenters. The van der Waals surface area contributed by atoms with Gasteiger partial charge >= 0.3 is 0 Å². The minimum absolute atomic E-state index is 0.0235. The number of nitrogens with two attached hydrogens (primary N) is 1. The lowest BCUT2D eigenvalue weighted by Crippen LogP contribution is -2.59. The standard InChI is InChI=1S/C17H35N3O/c1-6-14-8-10-17(13-18,11-9-14)20(7-2)12-15(21)19-16(3,4)5/h14H,6-13,18H2,1-5H3,(H,19,21). The number of nitrogens with zero attached hydrogens (tertiary/aromatic N) is 1. The highest BCUT2D eigenvalue weighted by Crippen LogP contribution is 2.37. The van der Waals surface area contributed by atoms with E-state index in [1.807, 2.05) is 20.8 Å². The third-order valence-electron chi connectivity index (χ3n) is 4.89. The molecule has 124 valence electrons. The van der Waals surface area contributed by atoms with Gasteiger partial charge in [-0.05, 0) is 58.9 Å². The lowest BCUT2D eigenvalue weighted by Gasteiger charge is -2.47. The van der Waals surface area contributed by atoms with E-state index in [1.54, 1.807) is 0 Å². The van der Waals surface area contributed by atoms with E-state index in [-0.39, 0.29) is 17.0 Å². The van der Waals surface area contributed by atoms with Crippen LogP contribution in [-0.2, 0) is 4.79 Å². The molecular formula is C17H35N3O. The Kier molecular flexibility index (Phi) is 6.67. The van der Waals surface area contributed by atoms with E-state index in [1.165, 1.54) is 19.3 Å². The van der Waals surface area contributed by atoms with Crippen molar-refractivity contribution in [3.63, 3.8) is 0 Å². The Hall–Kier alpha value is -0.610. The number of carbonyl (C=O) groups excluding carboxylic acids is 1. The van der Waals surface area contributed by atoms with Crippen molar-refractivity contribution < 1.29 is 4.79 Å². The van der Waals surface area contributed by atoms with Gasteiger partial charge in [0.05, 0.1) is 6.54 Å². The zero-order chi connectivity index (χ0) is 16.1. The van der Waals surface area contributed by atoms with Crippen molar-refractivity contribution in [2.75, 3.05) is 19.6 Å². The number of amides is 1. The Morgan fingerprint density at radius 3 is 2.24 bits per heavy atom. The van der Waals surface area contributed by atoms with Gasteiger partial charge < -0.3 is 11.1 Å². The Morgan fingerprint density at radius 2 is 1.86 bits per heavy atom. The van der Waals surface area contributed by atoms with Crippen LogP contribution < -0.4 is 11.1 Å². The van der Waals surface area contributed by atoms with Crippen molar-refractivity contribution in [3.05, 3.63) is 0 Å². The third-order valence-corrected chi connectivity index (χ3v) is 4.89. The summed E-state index contributed by atoms with van der Waals surface area (Å²) in [6, 6.07) is 0. The normalized spacial score (nSPS) is 26.9. The van der Waals surface area contributed by atoms with Crippen LogP contribution in [0.2, 0.25) is 0 Å². The fourth-order valence-corrected chi connectivity index (χ4v) is 3.52. The topological polar surface area (TPSA) is 58.4 Å². The van der Waals surface area contributed by atoms with E-state index in [0.29, 0.717) is 13.1 Å². The number of rotatable bonds is 6. The first-order valence-corrected chi connectivity index (χ1v) is 8.52. The average molecular weight is 297 g/mol. The maximum atomic E-state index is 12.3. The molecule has 1 amide bonds. The maximum Gasteiger partial charge on any atom is 0.234 e. The fraction of sp³-hybridized carbons (Fsp3) is 0.941. The van der Waals surface area contributed by atoms with Crippen molar-refractivity contribution >= 4 is 5.91 Å². The second-order valence-corrected chi connectivity index (χ2v) is 7.59. The molecule has 0 aromatic rings. The molecule has 0 spiro atoms. The maximum absolute atomic E-state index is 12.3. The van der Waals surface area contributed by atoms with Crippen molar-refractivity contribution in [3.8, 4) is 0 Å². The SMILES string of the molecule is CCC1CCC(CN)(N(CC)CC(=O)NC(C)(C)C)CC1. The Bertz CT molecular complexity index is 327. The summed E-state index contributed by atoms with van der Waals surface area (Å²) in [6.07, 6.45) is 5.99. The van der Waals surface area contributed by atoms with Crippen LogP contribution >= 0.6 is 0 Å². The second kappa shape index (κ2) is 7.59.